The van der Waals surface area contributed by atoms with Crippen molar-refractivity contribution in [3.63, 3.8) is 0 Å². The zero-order chi connectivity index (χ0) is 13.2. The highest BCUT2D eigenvalue weighted by Gasteiger charge is 2.26. The molecule has 1 aromatic heterocycles. The Morgan fingerprint density at radius 2 is 2.26 bits per heavy atom. The van der Waals surface area contributed by atoms with E-state index in [0.29, 0.717) is 5.56 Å². The fourth-order valence-electron chi connectivity index (χ4n) is 2.89. The Morgan fingerprint density at radius 3 is 3.00 bits per heavy atom. The van der Waals surface area contributed by atoms with Crippen molar-refractivity contribution in [1.29, 1.82) is 5.26 Å². The van der Waals surface area contributed by atoms with E-state index in [2.05, 4.69) is 16.7 Å². The summed E-state index contributed by atoms with van der Waals surface area (Å²) < 4.78 is 0. The minimum atomic E-state index is -0.0998. The van der Waals surface area contributed by atoms with Crippen molar-refractivity contribution in [2.24, 2.45) is 0 Å². The minimum Gasteiger partial charge on any atom is -0.315 e. The van der Waals surface area contributed by atoms with Gasteiger partial charge in [0.25, 0.3) is 0 Å². The third kappa shape index (κ3) is 2.38. The van der Waals surface area contributed by atoms with Gasteiger partial charge in [-0.2, -0.15) is 5.26 Å². The van der Waals surface area contributed by atoms with Gasteiger partial charge in [-0.05, 0) is 44.2 Å². The van der Waals surface area contributed by atoms with Gasteiger partial charge in [-0.3, -0.25) is 4.79 Å². The molecule has 4 nitrogen and oxygen atoms in total. The molecule has 100 valence electrons. The van der Waals surface area contributed by atoms with Gasteiger partial charge in [-0.1, -0.05) is 6.42 Å². The summed E-state index contributed by atoms with van der Waals surface area (Å²) in [5.74, 6) is 0.0103. The van der Waals surface area contributed by atoms with Gasteiger partial charge in [0.15, 0.2) is 0 Å². The maximum Gasteiger partial charge on any atom is 0.242 e. The Hall–Kier alpha value is -1.38. The highest BCUT2D eigenvalue weighted by molar-refractivity contribution is 7.16. The summed E-state index contributed by atoms with van der Waals surface area (Å²) in [6.45, 7) is 0.907. The van der Waals surface area contributed by atoms with Crippen molar-refractivity contribution in [2.45, 2.75) is 44.6 Å². The minimum absolute atomic E-state index is 0.0103. The molecule has 1 amide bonds. The van der Waals surface area contributed by atoms with E-state index in [-0.39, 0.29) is 11.9 Å². The van der Waals surface area contributed by atoms with Gasteiger partial charge in [0, 0.05) is 4.88 Å². The standard InChI is InChI=1S/C14H17N3OS/c15-8-10-9-4-3-6-12(9)19-14(10)17-13(18)11-5-1-2-7-16-11/h11,16H,1-7H2,(H,17,18). The second-order valence-corrected chi connectivity index (χ2v) is 6.27. The number of carbonyl (C=O) groups excluding carboxylic acids is 1. The summed E-state index contributed by atoms with van der Waals surface area (Å²) >= 11 is 1.58. The number of anilines is 1. The highest BCUT2D eigenvalue weighted by atomic mass is 32.1. The molecule has 1 saturated heterocycles. The molecule has 2 aliphatic rings. The Balaban J connectivity index is 1.76. The number of aryl methyl sites for hydroxylation is 1. The fourth-order valence-corrected chi connectivity index (χ4v) is 4.13. The fraction of sp³-hybridized carbons (Fsp3) is 0.571. The number of rotatable bonds is 2. The molecular formula is C14H17N3OS. The van der Waals surface area contributed by atoms with Crippen LogP contribution in [0, 0.1) is 11.3 Å². The van der Waals surface area contributed by atoms with Gasteiger partial charge in [0.05, 0.1) is 11.6 Å². The van der Waals surface area contributed by atoms with Crippen LogP contribution in [0.5, 0.6) is 0 Å². The van der Waals surface area contributed by atoms with Crippen LogP contribution in [0.15, 0.2) is 0 Å². The normalized spacial score (nSPS) is 21.7. The summed E-state index contributed by atoms with van der Waals surface area (Å²) in [7, 11) is 0. The lowest BCUT2D eigenvalue weighted by molar-refractivity contribution is -0.118. The topological polar surface area (TPSA) is 64.9 Å². The summed E-state index contributed by atoms with van der Waals surface area (Å²) in [4.78, 5) is 13.5. The van der Waals surface area contributed by atoms with E-state index in [0.717, 1.165) is 50.1 Å². The molecule has 0 aromatic carbocycles. The molecule has 5 heteroatoms. The number of carbonyl (C=O) groups is 1. The van der Waals surface area contributed by atoms with Gasteiger partial charge in [0.1, 0.15) is 11.1 Å². The summed E-state index contributed by atoms with van der Waals surface area (Å²) in [6.07, 6.45) is 6.28. The van der Waals surface area contributed by atoms with Crippen molar-refractivity contribution in [3.05, 3.63) is 16.0 Å². The quantitative estimate of drug-likeness (QED) is 0.869. The van der Waals surface area contributed by atoms with Gasteiger partial charge in [0.2, 0.25) is 5.91 Å². The summed E-state index contributed by atoms with van der Waals surface area (Å²) in [5.41, 5.74) is 1.86. The lowest BCUT2D eigenvalue weighted by Gasteiger charge is -2.22. The van der Waals surface area contributed by atoms with E-state index in [9.17, 15) is 10.1 Å². The van der Waals surface area contributed by atoms with E-state index < -0.39 is 0 Å². The largest absolute Gasteiger partial charge is 0.315 e. The molecule has 0 spiro atoms. The number of hydrogen-bond donors (Lipinski definition) is 2. The second kappa shape index (κ2) is 5.32. The number of nitriles is 1. The molecule has 2 heterocycles. The van der Waals surface area contributed by atoms with Crippen LogP contribution in [0.3, 0.4) is 0 Å². The van der Waals surface area contributed by atoms with E-state index in [4.69, 9.17) is 0 Å². The maximum absolute atomic E-state index is 12.2. The van der Waals surface area contributed by atoms with E-state index in [1.807, 2.05) is 0 Å². The predicted octanol–water partition coefficient (Wildman–Crippen LogP) is 2.19. The lowest BCUT2D eigenvalue weighted by atomic mass is 10.0. The highest BCUT2D eigenvalue weighted by Crippen LogP contribution is 2.38. The molecule has 1 unspecified atom stereocenters. The number of thiophene rings is 1. The van der Waals surface area contributed by atoms with Crippen LogP contribution in [0.25, 0.3) is 0 Å². The molecule has 1 aliphatic carbocycles. The predicted molar refractivity (Wildman–Crippen MR) is 75.3 cm³/mol. The van der Waals surface area contributed by atoms with Crippen molar-refractivity contribution in [2.75, 3.05) is 11.9 Å². The monoisotopic (exact) mass is 275 g/mol. The first-order valence-electron chi connectivity index (χ1n) is 6.88. The number of nitrogens with one attached hydrogen (secondary N) is 2. The molecule has 1 fully saturated rings. The first kappa shape index (κ1) is 12.6. The molecule has 3 rings (SSSR count). The number of piperidine rings is 1. The van der Waals surface area contributed by atoms with Crippen LogP contribution < -0.4 is 10.6 Å². The van der Waals surface area contributed by atoms with Crippen LogP contribution >= 0.6 is 11.3 Å². The van der Waals surface area contributed by atoms with Crippen LogP contribution in [0.2, 0.25) is 0 Å². The number of fused-ring (bicyclic) bond motifs is 1. The summed E-state index contributed by atoms with van der Waals surface area (Å²) in [6, 6.07) is 2.16. The van der Waals surface area contributed by atoms with Crippen LogP contribution in [0.4, 0.5) is 5.00 Å². The third-order valence-corrected chi connectivity index (χ3v) is 5.10. The zero-order valence-electron chi connectivity index (χ0n) is 10.8. The van der Waals surface area contributed by atoms with Gasteiger partial charge in [-0.25, -0.2) is 0 Å². The van der Waals surface area contributed by atoms with E-state index in [1.165, 1.54) is 10.4 Å². The van der Waals surface area contributed by atoms with Gasteiger partial charge >= 0.3 is 0 Å². The van der Waals surface area contributed by atoms with Gasteiger partial charge < -0.3 is 10.6 Å². The lowest BCUT2D eigenvalue weighted by Crippen LogP contribution is -2.43. The maximum atomic E-state index is 12.2. The van der Waals surface area contributed by atoms with Crippen LogP contribution in [-0.4, -0.2) is 18.5 Å². The number of hydrogen-bond acceptors (Lipinski definition) is 4. The Bertz CT molecular complexity index is 538. The van der Waals surface area contributed by atoms with Crippen LogP contribution in [0.1, 0.15) is 41.7 Å². The average molecular weight is 275 g/mol. The third-order valence-electron chi connectivity index (χ3n) is 3.90. The van der Waals surface area contributed by atoms with E-state index in [1.54, 1.807) is 11.3 Å². The van der Waals surface area contributed by atoms with Crippen LogP contribution in [-0.2, 0) is 17.6 Å². The smallest absolute Gasteiger partial charge is 0.242 e. The molecule has 1 aromatic rings. The summed E-state index contributed by atoms with van der Waals surface area (Å²) in [5, 5.41) is 16.2. The zero-order valence-corrected chi connectivity index (χ0v) is 11.6. The first-order valence-corrected chi connectivity index (χ1v) is 7.70. The van der Waals surface area contributed by atoms with Gasteiger partial charge in [-0.15, -0.1) is 11.3 Å². The van der Waals surface area contributed by atoms with Crippen molar-refractivity contribution >= 4 is 22.2 Å². The number of amides is 1. The Morgan fingerprint density at radius 1 is 1.37 bits per heavy atom. The molecule has 0 saturated carbocycles. The van der Waals surface area contributed by atoms with Crippen molar-refractivity contribution < 1.29 is 4.79 Å². The van der Waals surface area contributed by atoms with Crippen molar-refractivity contribution in [3.8, 4) is 6.07 Å². The number of nitrogens with zero attached hydrogens (tertiary/aromatic N) is 1. The molecule has 19 heavy (non-hydrogen) atoms. The molecule has 2 N–H and O–H groups in total. The second-order valence-electron chi connectivity index (χ2n) is 5.17. The molecular weight excluding hydrogens is 258 g/mol. The molecule has 1 aliphatic heterocycles. The Kier molecular flexibility index (Phi) is 3.54. The van der Waals surface area contributed by atoms with E-state index >= 15 is 0 Å². The molecule has 0 bridgehead atoms. The first-order chi connectivity index (χ1) is 9.29. The van der Waals surface area contributed by atoms with Crippen molar-refractivity contribution in [1.82, 2.24) is 5.32 Å². The average Bonchev–Trinajstić information content (AvgIpc) is 3.00. The molecule has 1 atom stereocenters. The Labute approximate surface area is 116 Å². The SMILES string of the molecule is N#Cc1c(NC(=O)C2CCCCN2)sc2c1CCC2. The molecule has 0 radical (unpaired) electrons.